The molecule has 1 saturated heterocycles. The van der Waals surface area contributed by atoms with Gasteiger partial charge in [0.2, 0.25) is 5.95 Å². The molecule has 2 heterocycles. The summed E-state index contributed by atoms with van der Waals surface area (Å²) in [4.78, 5) is 31.2. The number of ether oxygens (including phenoxy) is 1. The number of rotatable bonds is 6. The number of alkyl halides is 3. The molecule has 1 aromatic heterocycles. The quantitative estimate of drug-likeness (QED) is 0.329. The SMILES string of the molecule is CC(=O)O.CC(C)(C)OC(=O)N1CCC(c2ccc(Nc3ncc(C(F)(F)F)c(CCc4[c-]cccc4)n3)cc2)CC1.[Li+]. The Hall–Kier alpha value is -3.55. The van der Waals surface area contributed by atoms with Crippen molar-refractivity contribution in [1.29, 1.82) is 0 Å². The molecule has 1 amide bonds. The van der Waals surface area contributed by atoms with E-state index in [2.05, 4.69) is 21.4 Å². The monoisotopic (exact) mass is 592 g/mol. The first-order chi connectivity index (χ1) is 19.7. The average molecular weight is 593 g/mol. The van der Waals surface area contributed by atoms with Gasteiger partial charge >= 0.3 is 31.1 Å². The molecule has 226 valence electrons. The molecular weight excluding hydrogens is 556 g/mol. The van der Waals surface area contributed by atoms with Gasteiger partial charge in [-0.15, -0.1) is 0 Å². The van der Waals surface area contributed by atoms with Crippen molar-refractivity contribution in [3.63, 3.8) is 0 Å². The van der Waals surface area contributed by atoms with Gasteiger partial charge in [0.15, 0.2) is 0 Å². The Morgan fingerprint density at radius 1 is 1.07 bits per heavy atom. The maximum atomic E-state index is 13.6. The van der Waals surface area contributed by atoms with Crippen LogP contribution in [0.3, 0.4) is 0 Å². The third kappa shape index (κ3) is 11.9. The van der Waals surface area contributed by atoms with E-state index in [9.17, 15) is 18.0 Å². The van der Waals surface area contributed by atoms with Gasteiger partial charge < -0.3 is 20.1 Å². The molecule has 0 radical (unpaired) electrons. The summed E-state index contributed by atoms with van der Waals surface area (Å²) in [5.41, 5.74) is 1.25. The molecule has 2 N–H and O–H groups in total. The Morgan fingerprint density at radius 3 is 2.23 bits per heavy atom. The molecule has 0 unspecified atom stereocenters. The summed E-state index contributed by atoms with van der Waals surface area (Å²) >= 11 is 0. The van der Waals surface area contributed by atoms with Crippen LogP contribution < -0.4 is 24.2 Å². The number of anilines is 2. The van der Waals surface area contributed by atoms with E-state index in [0.29, 0.717) is 31.1 Å². The van der Waals surface area contributed by atoms with Crippen molar-refractivity contribution in [3.8, 4) is 0 Å². The number of hydrogen-bond donors (Lipinski definition) is 2. The normalized spacial score (nSPS) is 13.7. The van der Waals surface area contributed by atoms with E-state index in [1.54, 1.807) is 11.0 Å². The van der Waals surface area contributed by atoms with Crippen molar-refractivity contribution in [2.75, 3.05) is 18.4 Å². The summed E-state index contributed by atoms with van der Waals surface area (Å²) in [6.45, 7) is 7.90. The van der Waals surface area contributed by atoms with Crippen molar-refractivity contribution in [3.05, 3.63) is 83.2 Å². The van der Waals surface area contributed by atoms with Gasteiger partial charge in [0, 0.05) is 31.9 Å². The first-order valence-corrected chi connectivity index (χ1v) is 13.6. The molecule has 0 aliphatic carbocycles. The fraction of sp³-hybridized carbons (Fsp3) is 0.419. The molecule has 3 aromatic rings. The molecule has 2 aromatic carbocycles. The number of hydrogen-bond acceptors (Lipinski definition) is 6. The number of aromatic nitrogens is 2. The van der Waals surface area contributed by atoms with Crippen molar-refractivity contribution in [2.45, 2.75) is 71.1 Å². The summed E-state index contributed by atoms with van der Waals surface area (Å²) in [5.74, 6) is -0.407. The number of carbonyl (C=O) groups excluding carboxylic acids is 1. The Morgan fingerprint density at radius 2 is 1.70 bits per heavy atom. The number of aliphatic carboxylic acids is 1. The maximum Gasteiger partial charge on any atom is 1.00 e. The predicted molar refractivity (Wildman–Crippen MR) is 153 cm³/mol. The third-order valence-electron chi connectivity index (χ3n) is 6.36. The van der Waals surface area contributed by atoms with Crippen molar-refractivity contribution in [1.82, 2.24) is 14.9 Å². The average Bonchev–Trinajstić information content (AvgIpc) is 2.91. The third-order valence-corrected chi connectivity index (χ3v) is 6.36. The van der Waals surface area contributed by atoms with Crippen LogP contribution in [0.4, 0.5) is 29.6 Å². The first kappa shape index (κ1) is 35.6. The molecule has 43 heavy (non-hydrogen) atoms. The van der Waals surface area contributed by atoms with E-state index >= 15 is 0 Å². The number of piperidine rings is 1. The number of benzene rings is 2. The molecule has 1 fully saturated rings. The first-order valence-electron chi connectivity index (χ1n) is 13.6. The van der Waals surface area contributed by atoms with Gasteiger partial charge in [0.05, 0.1) is 11.3 Å². The summed E-state index contributed by atoms with van der Waals surface area (Å²) in [6, 6.07) is 18.0. The van der Waals surface area contributed by atoms with E-state index in [4.69, 9.17) is 14.6 Å². The summed E-state index contributed by atoms with van der Waals surface area (Å²) < 4.78 is 46.1. The molecule has 12 heteroatoms. The Balaban J connectivity index is 0.00000121. The summed E-state index contributed by atoms with van der Waals surface area (Å²) in [5, 5.41) is 10.4. The molecule has 0 bridgehead atoms. The van der Waals surface area contributed by atoms with Crippen LogP contribution in [-0.4, -0.2) is 50.7 Å². The number of nitrogens with one attached hydrogen (secondary N) is 1. The van der Waals surface area contributed by atoms with Crippen molar-refractivity contribution >= 4 is 23.7 Å². The predicted octanol–water partition coefficient (Wildman–Crippen LogP) is 4.03. The number of aryl methyl sites for hydroxylation is 2. The number of amides is 1. The second kappa shape index (κ2) is 15.8. The van der Waals surface area contributed by atoms with E-state index in [0.717, 1.165) is 37.1 Å². The van der Waals surface area contributed by atoms with Gasteiger partial charge in [-0.3, -0.25) is 4.79 Å². The molecule has 1 aliphatic heterocycles. The Bertz CT molecular complexity index is 1320. The van der Waals surface area contributed by atoms with Gasteiger partial charge in [0.1, 0.15) is 5.60 Å². The van der Waals surface area contributed by atoms with Gasteiger partial charge in [-0.1, -0.05) is 12.1 Å². The number of halogens is 3. The second-order valence-corrected chi connectivity index (χ2v) is 10.9. The Kier molecular flexibility index (Phi) is 13.1. The topological polar surface area (TPSA) is 105 Å². The molecule has 0 spiro atoms. The van der Waals surface area contributed by atoms with Crippen LogP contribution in [0.25, 0.3) is 0 Å². The van der Waals surface area contributed by atoms with Crippen LogP contribution in [0.5, 0.6) is 0 Å². The largest absolute Gasteiger partial charge is 1.00 e. The van der Waals surface area contributed by atoms with E-state index in [1.807, 2.05) is 63.2 Å². The van der Waals surface area contributed by atoms with E-state index in [-0.39, 0.29) is 43.0 Å². The van der Waals surface area contributed by atoms with Gasteiger partial charge in [0.25, 0.3) is 5.97 Å². The van der Waals surface area contributed by atoms with Gasteiger partial charge in [-0.25, -0.2) is 14.8 Å². The van der Waals surface area contributed by atoms with E-state index in [1.165, 1.54) is 0 Å². The minimum Gasteiger partial charge on any atom is -0.481 e. The molecule has 0 atom stereocenters. The van der Waals surface area contributed by atoms with Crippen LogP contribution in [0.15, 0.2) is 54.7 Å². The minimum absolute atomic E-state index is 0. The van der Waals surface area contributed by atoms with Crippen LogP contribution in [0.1, 0.15) is 68.8 Å². The zero-order valence-electron chi connectivity index (χ0n) is 25.2. The zero-order chi connectivity index (χ0) is 30.9. The number of carbonyl (C=O) groups is 2. The van der Waals surface area contributed by atoms with Gasteiger partial charge in [-0.05, 0) is 70.1 Å². The van der Waals surface area contributed by atoms with Crippen molar-refractivity contribution < 1.29 is 51.5 Å². The number of nitrogens with zero attached hydrogens (tertiary/aromatic N) is 3. The number of carboxylic acid groups (broad SMARTS) is 1. The van der Waals surface area contributed by atoms with Crippen molar-refractivity contribution in [2.24, 2.45) is 0 Å². The van der Waals surface area contributed by atoms with Gasteiger partial charge in [-0.2, -0.15) is 49.1 Å². The van der Waals surface area contributed by atoms with Crippen LogP contribution in [0, 0.1) is 6.07 Å². The number of carboxylic acids is 1. The maximum absolute atomic E-state index is 13.6. The van der Waals surface area contributed by atoms with Crippen LogP contribution in [-0.2, 0) is 28.5 Å². The van der Waals surface area contributed by atoms with E-state index < -0.39 is 23.3 Å². The molecular formula is C31H36F3LiN4O4. The zero-order valence-corrected chi connectivity index (χ0v) is 25.2. The van der Waals surface area contributed by atoms with Crippen LogP contribution in [0.2, 0.25) is 0 Å². The van der Waals surface area contributed by atoms with Crippen LogP contribution >= 0.6 is 0 Å². The standard InChI is InChI=1S/C29H32F3N4O2.C2H4O2.Li/c1-28(2,3)38-27(37)36-17-15-22(16-18-36)21-10-12-23(13-11-21)34-26-33-19-24(29(30,31)32)25(35-26)14-9-20-7-5-4-6-8-20;1-2(3)4;/h4-7,10-13,19,22H,9,14-18H2,1-3H3,(H,33,34,35);1H3,(H,3,4);/q-1;;+1. The fourth-order valence-corrected chi connectivity index (χ4v) is 4.43. The summed E-state index contributed by atoms with van der Waals surface area (Å²) in [7, 11) is 0. The smallest absolute Gasteiger partial charge is 0.481 e. The second-order valence-electron chi connectivity index (χ2n) is 10.9. The summed E-state index contributed by atoms with van der Waals surface area (Å²) in [6.07, 6.45) is -1.81. The molecule has 8 nitrogen and oxygen atoms in total. The molecule has 1 aliphatic rings. The Labute approximate surface area is 262 Å². The number of likely N-dealkylation sites (tertiary alicyclic amines) is 1. The molecule has 4 rings (SSSR count). The molecule has 0 saturated carbocycles. The fourth-order valence-electron chi connectivity index (χ4n) is 4.43. The minimum atomic E-state index is -4.53.